The van der Waals surface area contributed by atoms with Gasteiger partial charge < -0.3 is 29.7 Å². The van der Waals surface area contributed by atoms with Crippen LogP contribution in [0.25, 0.3) is 22.1 Å². The molecule has 13 heteroatoms. The number of carbonyl (C=O) groups is 1. The molecule has 4 heterocycles. The van der Waals surface area contributed by atoms with Crippen LogP contribution in [-0.4, -0.2) is 59.9 Å². The number of nitrogen functional groups attached to an aromatic ring is 1. The summed E-state index contributed by atoms with van der Waals surface area (Å²) in [6.07, 6.45) is 4.33. The number of nitrogens with zero attached hydrogens (tertiary/aromatic N) is 4. The number of aromatic nitrogens is 4. The van der Waals surface area contributed by atoms with E-state index in [1.165, 1.54) is 24.6 Å². The first-order valence-corrected chi connectivity index (χ1v) is 20.8. The van der Waals surface area contributed by atoms with Crippen molar-refractivity contribution in [3.8, 4) is 0 Å². The lowest BCUT2D eigenvalue weighted by Gasteiger charge is -2.26. The molecule has 0 saturated carbocycles. The molecule has 5 aromatic rings. The number of carbonyl (C=O) groups excluding carboxylic acids is 1. The molecule has 0 unspecified atom stereocenters. The van der Waals surface area contributed by atoms with Crippen LogP contribution in [0.5, 0.6) is 0 Å². The molecule has 2 aliphatic heterocycles. The zero-order chi connectivity index (χ0) is 39.5. The number of hydrogen-bond donors (Lipinski definition) is 3. The molecule has 2 saturated heterocycles. The lowest BCUT2D eigenvalue weighted by Crippen LogP contribution is -2.25. The monoisotopic (exact) mass is 771 g/mol. The Morgan fingerprint density at radius 2 is 1.18 bits per heavy atom. The molecule has 2 aliphatic rings. The minimum absolute atomic E-state index is 0.0267. The van der Waals surface area contributed by atoms with Gasteiger partial charge in [-0.15, -0.1) is 0 Å². The Hall–Kier alpha value is -4.46. The normalized spacial score (nSPS) is 16.2. The average molecular weight is 772 g/mol. The summed E-state index contributed by atoms with van der Waals surface area (Å²) < 4.78 is 44.2. The van der Waals surface area contributed by atoms with Crippen LogP contribution in [0.1, 0.15) is 85.8 Å². The third-order valence-electron chi connectivity index (χ3n) is 10.2. The van der Waals surface area contributed by atoms with E-state index < -0.39 is 10.0 Å². The predicted molar refractivity (Wildman–Crippen MR) is 220 cm³/mol. The minimum Gasteiger partial charge on any atom is -0.399 e. The Balaban J connectivity index is 0.000000209. The van der Waals surface area contributed by atoms with Crippen molar-refractivity contribution in [1.29, 1.82) is 0 Å². The first-order chi connectivity index (χ1) is 26.0. The summed E-state index contributed by atoms with van der Waals surface area (Å²) >= 11 is 0. The molecule has 0 aliphatic carbocycles. The quantitative estimate of drug-likeness (QED) is 0.135. The number of nitrogens with two attached hydrogens (primary N) is 1. The Morgan fingerprint density at radius 1 is 0.727 bits per heavy atom. The highest BCUT2D eigenvalue weighted by Gasteiger charge is 2.27. The largest absolute Gasteiger partial charge is 0.399 e. The topological polar surface area (TPSA) is 155 Å². The number of nitrogens with one attached hydrogen (secondary N) is 2. The van der Waals surface area contributed by atoms with E-state index in [1.54, 1.807) is 24.3 Å². The summed E-state index contributed by atoms with van der Waals surface area (Å²) in [5, 5.41) is 2.63. The summed E-state index contributed by atoms with van der Waals surface area (Å²) in [5.74, 6) is 3.13. The molecule has 1 amide bonds. The average Bonchev–Trinajstić information content (AvgIpc) is 3.67. The molecule has 296 valence electrons. The highest BCUT2D eigenvalue weighted by Crippen LogP contribution is 2.32. The third-order valence-corrected chi connectivity index (χ3v) is 11.6. The van der Waals surface area contributed by atoms with Gasteiger partial charge in [0.25, 0.3) is 10.0 Å². The van der Waals surface area contributed by atoms with Crippen molar-refractivity contribution in [2.75, 3.05) is 42.2 Å². The standard InChI is InChI=1S/C25H32N4O4S.C17H25N3O/c1-17(30)26-19-5-8-21(9-6-19)34(31,32)28-20-7-10-23-22(15-20)27-24(25(2,3)4)29(23)16-18-11-13-33-14-12-18;1-17(2,3)16-19-14-10-13(18)4-5-15(14)20(16)11-12-6-8-21-9-7-12/h5-10,15,18,28H,11-14,16H2,1-4H3,(H,26,30);4-5,10,12H,6-9,11,18H2,1-3H3. The maximum absolute atomic E-state index is 12.9. The number of amides is 1. The van der Waals surface area contributed by atoms with Gasteiger partial charge in [-0.1, -0.05) is 41.5 Å². The van der Waals surface area contributed by atoms with Crippen molar-refractivity contribution in [2.24, 2.45) is 11.8 Å². The molecule has 0 radical (unpaired) electrons. The van der Waals surface area contributed by atoms with Gasteiger partial charge in [-0.2, -0.15) is 0 Å². The maximum Gasteiger partial charge on any atom is 0.261 e. The molecule has 12 nitrogen and oxygen atoms in total. The van der Waals surface area contributed by atoms with E-state index in [0.717, 1.165) is 99.1 Å². The number of ether oxygens (including phenoxy) is 2. The fraction of sp³-hybridized carbons (Fsp3) is 0.500. The van der Waals surface area contributed by atoms with Crippen LogP contribution in [0.4, 0.5) is 17.1 Å². The number of anilines is 3. The van der Waals surface area contributed by atoms with Crippen molar-refractivity contribution in [1.82, 2.24) is 19.1 Å². The lowest BCUT2D eigenvalue weighted by atomic mass is 9.94. The van der Waals surface area contributed by atoms with E-state index in [-0.39, 0.29) is 21.6 Å². The summed E-state index contributed by atoms with van der Waals surface area (Å²) in [4.78, 5) is 21.1. The van der Waals surface area contributed by atoms with Gasteiger partial charge in [0.1, 0.15) is 11.6 Å². The Kier molecular flexibility index (Phi) is 11.9. The van der Waals surface area contributed by atoms with E-state index in [2.05, 4.69) is 66.8 Å². The summed E-state index contributed by atoms with van der Waals surface area (Å²) in [7, 11) is -3.79. The number of rotatable bonds is 8. The molecule has 55 heavy (non-hydrogen) atoms. The van der Waals surface area contributed by atoms with Crippen LogP contribution in [0.15, 0.2) is 65.6 Å². The predicted octanol–water partition coefficient (Wildman–Crippen LogP) is 7.86. The molecule has 2 fully saturated rings. The highest BCUT2D eigenvalue weighted by molar-refractivity contribution is 7.92. The first kappa shape index (κ1) is 40.2. The number of fused-ring (bicyclic) bond motifs is 2. The van der Waals surface area contributed by atoms with Crippen LogP contribution >= 0.6 is 0 Å². The molecule has 0 atom stereocenters. The SMILES string of the molecule is CC(=O)Nc1ccc(S(=O)(=O)Nc2ccc3c(c2)nc(C(C)(C)C)n3CC2CCOCC2)cc1.CC(C)(C)c1nc2cc(N)ccc2n1CC1CCOCC1. The Bertz CT molecular complexity index is 2220. The molecule has 0 spiro atoms. The molecule has 7 rings (SSSR count). The van der Waals surface area contributed by atoms with Crippen LogP contribution in [0, 0.1) is 11.8 Å². The second-order valence-electron chi connectivity index (χ2n) is 17.0. The molecular weight excluding hydrogens is 715 g/mol. The summed E-state index contributed by atoms with van der Waals surface area (Å²) in [6, 6.07) is 17.6. The first-order valence-electron chi connectivity index (χ1n) is 19.3. The van der Waals surface area contributed by atoms with Gasteiger partial charge in [0, 0.05) is 68.6 Å². The van der Waals surface area contributed by atoms with Gasteiger partial charge in [0.15, 0.2) is 0 Å². The minimum atomic E-state index is -3.79. The number of benzene rings is 3. The molecular formula is C42H57N7O5S. The number of hydrogen-bond acceptors (Lipinski definition) is 8. The van der Waals surface area contributed by atoms with Crippen molar-refractivity contribution in [3.05, 3.63) is 72.3 Å². The van der Waals surface area contributed by atoms with Crippen molar-refractivity contribution >= 4 is 55.1 Å². The van der Waals surface area contributed by atoms with Crippen LogP contribution in [-0.2, 0) is 48.2 Å². The Labute approximate surface area is 325 Å². The van der Waals surface area contributed by atoms with Gasteiger partial charge in [-0.25, -0.2) is 18.4 Å². The lowest BCUT2D eigenvalue weighted by molar-refractivity contribution is -0.114. The zero-order valence-corrected chi connectivity index (χ0v) is 34.1. The van der Waals surface area contributed by atoms with Gasteiger partial charge in [0.2, 0.25) is 5.91 Å². The van der Waals surface area contributed by atoms with E-state index in [0.29, 0.717) is 23.2 Å². The molecule has 3 aromatic carbocycles. The molecule has 0 bridgehead atoms. The second kappa shape index (κ2) is 16.3. The summed E-state index contributed by atoms with van der Waals surface area (Å²) in [5.41, 5.74) is 11.5. The van der Waals surface area contributed by atoms with Crippen molar-refractivity contribution in [3.63, 3.8) is 0 Å². The molecule has 4 N–H and O–H groups in total. The maximum atomic E-state index is 12.9. The fourth-order valence-corrected chi connectivity index (χ4v) is 8.41. The third kappa shape index (κ3) is 9.86. The van der Waals surface area contributed by atoms with Crippen molar-refractivity contribution in [2.45, 2.75) is 103 Å². The second-order valence-corrected chi connectivity index (χ2v) is 18.6. The molecule has 2 aromatic heterocycles. The summed E-state index contributed by atoms with van der Waals surface area (Å²) in [6.45, 7) is 19.7. The van der Waals surface area contributed by atoms with E-state index in [4.69, 9.17) is 25.2 Å². The van der Waals surface area contributed by atoms with Gasteiger partial charge in [-0.3, -0.25) is 9.52 Å². The number of sulfonamides is 1. The highest BCUT2D eigenvalue weighted by atomic mass is 32.2. The van der Waals surface area contributed by atoms with Crippen LogP contribution < -0.4 is 15.8 Å². The Morgan fingerprint density at radius 3 is 1.65 bits per heavy atom. The van der Waals surface area contributed by atoms with Crippen LogP contribution in [0.3, 0.4) is 0 Å². The van der Waals surface area contributed by atoms with Gasteiger partial charge >= 0.3 is 0 Å². The fourth-order valence-electron chi connectivity index (χ4n) is 7.36. The van der Waals surface area contributed by atoms with E-state index in [1.807, 2.05) is 18.2 Å². The van der Waals surface area contributed by atoms with E-state index in [9.17, 15) is 13.2 Å². The van der Waals surface area contributed by atoms with Gasteiger partial charge in [-0.05, 0) is 98.2 Å². The zero-order valence-electron chi connectivity index (χ0n) is 33.3. The van der Waals surface area contributed by atoms with Gasteiger partial charge in [0.05, 0.1) is 32.6 Å². The smallest absolute Gasteiger partial charge is 0.261 e. The van der Waals surface area contributed by atoms with E-state index >= 15 is 0 Å². The number of imidazole rings is 2. The van der Waals surface area contributed by atoms with Crippen LogP contribution in [0.2, 0.25) is 0 Å². The van der Waals surface area contributed by atoms with Crippen molar-refractivity contribution < 1.29 is 22.7 Å².